The van der Waals surface area contributed by atoms with Gasteiger partial charge in [-0.1, -0.05) is 35.2 Å². The minimum absolute atomic E-state index is 0.411. The molecule has 1 aromatic carbocycles. The van der Waals surface area contributed by atoms with Crippen molar-refractivity contribution in [2.24, 2.45) is 11.8 Å². The topological polar surface area (TPSA) is 40.5 Å². The highest BCUT2D eigenvalue weighted by Gasteiger charge is 2.32. The first-order chi connectivity index (χ1) is 9.65. The van der Waals surface area contributed by atoms with Gasteiger partial charge in [-0.2, -0.15) is 0 Å². The summed E-state index contributed by atoms with van der Waals surface area (Å²) in [6, 6.07) is 5.59. The number of anilines is 1. The van der Waals surface area contributed by atoms with Crippen LogP contribution in [-0.2, 0) is 0 Å². The SMILES string of the molecule is O=C(O)c1cc(Br)ccc1N1CCC2CCCCC2C1. The molecule has 0 spiro atoms. The van der Waals surface area contributed by atoms with Gasteiger partial charge in [-0.25, -0.2) is 4.79 Å². The summed E-state index contributed by atoms with van der Waals surface area (Å²) >= 11 is 3.36. The van der Waals surface area contributed by atoms with Crippen LogP contribution in [0.3, 0.4) is 0 Å². The maximum Gasteiger partial charge on any atom is 0.337 e. The van der Waals surface area contributed by atoms with Crippen molar-refractivity contribution in [3.8, 4) is 0 Å². The van der Waals surface area contributed by atoms with Crippen molar-refractivity contribution >= 4 is 27.6 Å². The van der Waals surface area contributed by atoms with E-state index >= 15 is 0 Å². The Morgan fingerprint density at radius 1 is 1.20 bits per heavy atom. The van der Waals surface area contributed by atoms with Crippen LogP contribution >= 0.6 is 15.9 Å². The van der Waals surface area contributed by atoms with Crippen LogP contribution in [0.25, 0.3) is 0 Å². The molecule has 0 amide bonds. The highest BCUT2D eigenvalue weighted by molar-refractivity contribution is 9.10. The molecule has 1 saturated heterocycles. The maximum atomic E-state index is 11.5. The fourth-order valence-electron chi connectivity index (χ4n) is 3.77. The van der Waals surface area contributed by atoms with Gasteiger partial charge in [0.15, 0.2) is 0 Å². The van der Waals surface area contributed by atoms with Gasteiger partial charge in [-0.15, -0.1) is 0 Å². The molecule has 108 valence electrons. The fourth-order valence-corrected chi connectivity index (χ4v) is 4.14. The second kappa shape index (κ2) is 5.76. The van der Waals surface area contributed by atoms with Gasteiger partial charge in [-0.05, 0) is 42.9 Å². The molecule has 1 N–H and O–H groups in total. The van der Waals surface area contributed by atoms with Gasteiger partial charge in [-0.3, -0.25) is 0 Å². The van der Waals surface area contributed by atoms with Crippen molar-refractivity contribution in [1.29, 1.82) is 0 Å². The van der Waals surface area contributed by atoms with Crippen LogP contribution in [0.2, 0.25) is 0 Å². The Kier molecular flexibility index (Phi) is 4.01. The first kappa shape index (κ1) is 13.9. The number of piperidine rings is 1. The minimum Gasteiger partial charge on any atom is -0.478 e. The van der Waals surface area contributed by atoms with Crippen LogP contribution in [0.15, 0.2) is 22.7 Å². The summed E-state index contributed by atoms with van der Waals surface area (Å²) in [5, 5.41) is 9.41. The second-order valence-electron chi connectivity index (χ2n) is 6.01. The molecule has 4 heteroatoms. The molecule has 2 atom stereocenters. The van der Waals surface area contributed by atoms with E-state index in [0.717, 1.165) is 35.1 Å². The Bertz CT molecular complexity index is 517. The molecule has 0 radical (unpaired) electrons. The number of carbonyl (C=O) groups is 1. The third-order valence-corrected chi connectivity index (χ3v) is 5.31. The Morgan fingerprint density at radius 3 is 2.70 bits per heavy atom. The first-order valence-corrected chi connectivity index (χ1v) is 8.22. The number of halogens is 1. The Hall–Kier alpha value is -1.03. The standard InChI is InChI=1S/C16H20BrNO2/c17-13-5-6-15(14(9-13)16(19)20)18-8-7-11-3-1-2-4-12(11)10-18/h5-6,9,11-12H,1-4,7-8,10H2,(H,19,20). The number of aromatic carboxylic acids is 1. The van der Waals surface area contributed by atoms with E-state index in [1.165, 1.54) is 32.1 Å². The van der Waals surface area contributed by atoms with Crippen molar-refractivity contribution in [2.45, 2.75) is 32.1 Å². The molecule has 1 aromatic rings. The lowest BCUT2D eigenvalue weighted by Crippen LogP contribution is -2.42. The predicted octanol–water partition coefficient (Wildman–Crippen LogP) is 4.16. The first-order valence-electron chi connectivity index (χ1n) is 7.43. The molecular formula is C16H20BrNO2. The predicted molar refractivity (Wildman–Crippen MR) is 83.4 cm³/mol. The maximum absolute atomic E-state index is 11.5. The molecule has 0 bridgehead atoms. The van der Waals surface area contributed by atoms with E-state index < -0.39 is 5.97 Å². The van der Waals surface area contributed by atoms with Crippen molar-refractivity contribution in [3.63, 3.8) is 0 Å². The van der Waals surface area contributed by atoms with Crippen molar-refractivity contribution < 1.29 is 9.90 Å². The lowest BCUT2D eigenvalue weighted by Gasteiger charge is -2.42. The van der Waals surface area contributed by atoms with Gasteiger partial charge in [0.25, 0.3) is 0 Å². The normalized spacial score (nSPS) is 26.1. The molecule has 1 heterocycles. The van der Waals surface area contributed by atoms with E-state index in [2.05, 4.69) is 20.8 Å². The van der Waals surface area contributed by atoms with Crippen LogP contribution in [0, 0.1) is 11.8 Å². The largest absolute Gasteiger partial charge is 0.478 e. The van der Waals surface area contributed by atoms with E-state index in [4.69, 9.17) is 0 Å². The third kappa shape index (κ3) is 2.71. The number of carboxylic acid groups (broad SMARTS) is 1. The quantitative estimate of drug-likeness (QED) is 0.880. The molecule has 0 aromatic heterocycles. The summed E-state index contributed by atoms with van der Waals surface area (Å²) in [5.74, 6) is 0.776. The van der Waals surface area contributed by atoms with Gasteiger partial charge in [0, 0.05) is 17.6 Å². The zero-order chi connectivity index (χ0) is 14.1. The van der Waals surface area contributed by atoms with Gasteiger partial charge in [0.1, 0.15) is 0 Å². The average molecular weight is 338 g/mol. The number of carboxylic acids is 1. The van der Waals surface area contributed by atoms with E-state index in [9.17, 15) is 9.90 Å². The summed E-state index contributed by atoms with van der Waals surface area (Å²) in [6.45, 7) is 2.01. The van der Waals surface area contributed by atoms with Gasteiger partial charge in [0.05, 0.1) is 11.3 Å². The molecule has 3 nitrogen and oxygen atoms in total. The molecule has 3 rings (SSSR count). The third-order valence-electron chi connectivity index (χ3n) is 4.82. The number of nitrogens with zero attached hydrogens (tertiary/aromatic N) is 1. The summed E-state index contributed by atoms with van der Waals surface area (Å²) in [6.07, 6.45) is 6.59. The van der Waals surface area contributed by atoms with Gasteiger partial charge in [0.2, 0.25) is 0 Å². The van der Waals surface area contributed by atoms with Crippen LogP contribution in [0.5, 0.6) is 0 Å². The monoisotopic (exact) mass is 337 g/mol. The molecule has 20 heavy (non-hydrogen) atoms. The van der Waals surface area contributed by atoms with E-state index in [0.29, 0.717) is 5.56 Å². The number of rotatable bonds is 2. The zero-order valence-corrected chi connectivity index (χ0v) is 13.1. The highest BCUT2D eigenvalue weighted by atomic mass is 79.9. The number of fused-ring (bicyclic) bond motifs is 1. The second-order valence-corrected chi connectivity index (χ2v) is 6.92. The summed E-state index contributed by atoms with van der Waals surface area (Å²) < 4.78 is 0.825. The van der Waals surface area contributed by atoms with Gasteiger partial charge < -0.3 is 10.0 Å². The van der Waals surface area contributed by atoms with Crippen molar-refractivity contribution in [3.05, 3.63) is 28.2 Å². The zero-order valence-electron chi connectivity index (χ0n) is 11.5. The van der Waals surface area contributed by atoms with Crippen LogP contribution < -0.4 is 4.90 Å². The molecule has 2 unspecified atom stereocenters. The highest BCUT2D eigenvalue weighted by Crippen LogP contribution is 2.38. The molecule has 2 fully saturated rings. The molecule has 1 aliphatic heterocycles. The van der Waals surface area contributed by atoms with E-state index in [1.807, 2.05) is 12.1 Å². The lowest BCUT2D eigenvalue weighted by molar-refractivity contribution is 0.0697. The number of hydrogen-bond donors (Lipinski definition) is 1. The number of benzene rings is 1. The van der Waals surface area contributed by atoms with Gasteiger partial charge >= 0.3 is 5.97 Å². The molecular weight excluding hydrogens is 318 g/mol. The molecule has 2 aliphatic rings. The number of hydrogen-bond acceptors (Lipinski definition) is 2. The van der Waals surface area contributed by atoms with Crippen LogP contribution in [0.1, 0.15) is 42.5 Å². The van der Waals surface area contributed by atoms with E-state index in [-0.39, 0.29) is 0 Å². The summed E-state index contributed by atoms with van der Waals surface area (Å²) in [5.41, 5.74) is 1.29. The Balaban J connectivity index is 1.84. The van der Waals surface area contributed by atoms with Crippen LogP contribution in [0.4, 0.5) is 5.69 Å². The smallest absolute Gasteiger partial charge is 0.337 e. The lowest BCUT2D eigenvalue weighted by atomic mass is 9.75. The molecule has 1 saturated carbocycles. The Labute approximate surface area is 128 Å². The van der Waals surface area contributed by atoms with Crippen molar-refractivity contribution in [2.75, 3.05) is 18.0 Å². The molecule has 1 aliphatic carbocycles. The van der Waals surface area contributed by atoms with E-state index in [1.54, 1.807) is 6.07 Å². The minimum atomic E-state index is -0.841. The Morgan fingerprint density at radius 2 is 1.95 bits per heavy atom. The van der Waals surface area contributed by atoms with Crippen LogP contribution in [-0.4, -0.2) is 24.2 Å². The average Bonchev–Trinajstić information content (AvgIpc) is 2.46. The van der Waals surface area contributed by atoms with Crippen molar-refractivity contribution in [1.82, 2.24) is 0 Å². The fraction of sp³-hybridized carbons (Fsp3) is 0.562. The summed E-state index contributed by atoms with van der Waals surface area (Å²) in [7, 11) is 0. The summed E-state index contributed by atoms with van der Waals surface area (Å²) in [4.78, 5) is 13.7.